The number of morpholine rings is 1. The van der Waals surface area contributed by atoms with Crippen LogP contribution < -0.4 is 10.7 Å². The number of carbonyl (C=O) groups excluding carboxylic acids is 4. The maximum atomic E-state index is 14.9. The summed E-state index contributed by atoms with van der Waals surface area (Å²) in [4.78, 5) is 76.4. The second kappa shape index (κ2) is 21.4. The highest BCUT2D eigenvalue weighted by atomic mass is 19.4. The van der Waals surface area contributed by atoms with Gasteiger partial charge in [0.05, 0.1) is 42.9 Å². The van der Waals surface area contributed by atoms with Crippen molar-refractivity contribution < 1.29 is 51.5 Å². The lowest BCUT2D eigenvalue weighted by Crippen LogP contribution is -2.62. The average molecular weight is 1050 g/mol. The number of nitro groups is 1. The SMILES string of the molecule is CO[C@@H](C)c1ncccc1-c1c2c3cc(ccc3n1CC(F)(F)F)C1=CCCN(C1)C[C@H](NC(=O)[C@H](C(C)C)C1CCC3(C1)CN(C(=O)n1nncc1[N+](=O)[O-])CCO3)C(=O)N1CCC[C@H](N1)C(=O)OCC(C)(C)C2. The predicted octanol–water partition coefficient (Wildman–Crippen LogP) is 6.48. The zero-order chi connectivity index (χ0) is 53.6. The second-order valence-corrected chi connectivity index (χ2v) is 21.9. The Morgan fingerprint density at radius 1 is 1.11 bits per heavy atom. The molecule has 4 aromatic rings. The monoisotopic (exact) mass is 1050 g/mol. The summed E-state index contributed by atoms with van der Waals surface area (Å²) in [6.07, 6.45) is 2.67. The first-order chi connectivity index (χ1) is 35.6. The minimum atomic E-state index is -4.59. The lowest BCUT2D eigenvalue weighted by molar-refractivity contribution is -0.391. The van der Waals surface area contributed by atoms with E-state index in [0.717, 1.165) is 17.3 Å². The summed E-state index contributed by atoms with van der Waals surface area (Å²) < 4.78 is 64.4. The fourth-order valence-corrected chi connectivity index (χ4v) is 12.0. The van der Waals surface area contributed by atoms with E-state index in [-0.39, 0.29) is 63.6 Å². The first-order valence-electron chi connectivity index (χ1n) is 25.8. The van der Waals surface area contributed by atoms with Crippen LogP contribution in [0.2, 0.25) is 0 Å². The number of amides is 3. The molecule has 5 aliphatic rings. The van der Waals surface area contributed by atoms with E-state index in [9.17, 15) is 42.5 Å². The van der Waals surface area contributed by atoms with Gasteiger partial charge in [-0.15, -0.1) is 5.10 Å². The number of aromatic nitrogens is 5. The fraction of sp³-hybridized carbons (Fsp3) is 0.596. The highest BCUT2D eigenvalue weighted by Gasteiger charge is 2.50. The molecule has 2 saturated heterocycles. The van der Waals surface area contributed by atoms with Crippen LogP contribution in [0.5, 0.6) is 0 Å². The van der Waals surface area contributed by atoms with Gasteiger partial charge in [-0.3, -0.25) is 34.2 Å². The van der Waals surface area contributed by atoms with Crippen LogP contribution in [0.15, 0.2) is 48.8 Å². The maximum absolute atomic E-state index is 14.9. The smallest absolute Gasteiger partial charge is 0.439 e. The summed E-state index contributed by atoms with van der Waals surface area (Å²) in [7, 11) is 1.52. The van der Waals surface area contributed by atoms with Gasteiger partial charge in [-0.1, -0.05) is 39.8 Å². The number of hydrogen-bond donors (Lipinski definition) is 2. The summed E-state index contributed by atoms with van der Waals surface area (Å²) in [5.74, 6) is -2.86. The minimum absolute atomic E-state index is 0.0844. The number of carbonyl (C=O) groups is 4. The maximum Gasteiger partial charge on any atom is 0.439 e. The van der Waals surface area contributed by atoms with Crippen LogP contribution in [0.1, 0.15) is 96.1 Å². The predicted molar refractivity (Wildman–Crippen MR) is 267 cm³/mol. The third kappa shape index (κ3) is 11.3. The molecule has 0 radical (unpaired) electrons. The molecule has 4 aliphatic heterocycles. The van der Waals surface area contributed by atoms with Crippen molar-refractivity contribution in [1.82, 2.24) is 50.1 Å². The number of nitrogens with zero attached hydrogens (tertiary/aromatic N) is 9. The third-order valence-corrected chi connectivity index (χ3v) is 15.5. The number of rotatable bonds is 9. The van der Waals surface area contributed by atoms with E-state index in [1.54, 1.807) is 31.3 Å². The molecule has 7 atom stereocenters. The Hall–Kier alpha value is -6.30. The highest BCUT2D eigenvalue weighted by Crippen LogP contribution is 2.46. The molecule has 23 heteroatoms. The molecule has 3 amide bonds. The summed E-state index contributed by atoms with van der Waals surface area (Å²) in [5, 5.41) is 24.0. The first kappa shape index (κ1) is 53.5. The molecule has 6 bridgehead atoms. The minimum Gasteiger partial charge on any atom is -0.464 e. The Bertz CT molecular complexity index is 2870. The van der Waals surface area contributed by atoms with E-state index in [1.165, 1.54) is 21.6 Å². The quantitative estimate of drug-likeness (QED) is 0.104. The van der Waals surface area contributed by atoms with E-state index in [4.69, 9.17) is 14.2 Å². The molecule has 3 aromatic heterocycles. The van der Waals surface area contributed by atoms with Crippen molar-refractivity contribution in [3.05, 3.63) is 75.7 Å². The molecular weight excluding hydrogens is 980 g/mol. The lowest BCUT2D eigenvalue weighted by atomic mass is 9.80. The van der Waals surface area contributed by atoms with Crippen LogP contribution >= 0.6 is 0 Å². The van der Waals surface area contributed by atoms with Crippen molar-refractivity contribution in [1.29, 1.82) is 0 Å². The van der Waals surface area contributed by atoms with Crippen molar-refractivity contribution in [2.24, 2.45) is 23.2 Å². The van der Waals surface area contributed by atoms with Crippen LogP contribution in [-0.4, -0.2) is 152 Å². The largest absolute Gasteiger partial charge is 0.464 e. The van der Waals surface area contributed by atoms with Gasteiger partial charge >= 0.3 is 24.0 Å². The molecule has 2 N–H and O–H groups in total. The van der Waals surface area contributed by atoms with Crippen LogP contribution in [0, 0.1) is 33.3 Å². The van der Waals surface area contributed by atoms with E-state index in [0.29, 0.717) is 89.7 Å². The van der Waals surface area contributed by atoms with Gasteiger partial charge in [0.1, 0.15) is 24.8 Å². The van der Waals surface area contributed by atoms with Crippen molar-refractivity contribution >= 4 is 46.1 Å². The molecule has 9 rings (SSSR count). The molecular formula is C52H66F3N11O9. The fourth-order valence-electron chi connectivity index (χ4n) is 12.0. The number of hydrogen-bond acceptors (Lipinski definition) is 14. The second-order valence-electron chi connectivity index (χ2n) is 21.9. The number of pyridine rings is 1. The van der Waals surface area contributed by atoms with Crippen LogP contribution in [0.4, 0.5) is 23.8 Å². The number of halogens is 3. The zero-order valence-corrected chi connectivity index (χ0v) is 43.2. The van der Waals surface area contributed by atoms with E-state index < -0.39 is 76.5 Å². The zero-order valence-electron chi connectivity index (χ0n) is 43.2. The van der Waals surface area contributed by atoms with Gasteiger partial charge in [-0.25, -0.2) is 10.2 Å². The Labute approximate surface area is 432 Å². The first-order valence-corrected chi connectivity index (χ1v) is 25.8. The lowest BCUT2D eigenvalue weighted by Gasteiger charge is -2.40. The van der Waals surface area contributed by atoms with Crippen molar-refractivity contribution in [2.75, 3.05) is 59.6 Å². The number of nitrogens with one attached hydrogen (secondary N) is 2. The number of alkyl halides is 3. The van der Waals surface area contributed by atoms with Crippen molar-refractivity contribution in [2.45, 2.75) is 116 Å². The molecule has 1 saturated carbocycles. The van der Waals surface area contributed by atoms with Gasteiger partial charge in [-0.2, -0.15) is 13.2 Å². The van der Waals surface area contributed by atoms with Gasteiger partial charge in [0, 0.05) is 79.0 Å². The molecule has 7 heterocycles. The van der Waals surface area contributed by atoms with Gasteiger partial charge in [0.2, 0.25) is 5.91 Å². The van der Waals surface area contributed by atoms with E-state index in [1.807, 2.05) is 39.8 Å². The topological polar surface area (TPSA) is 221 Å². The average Bonchev–Trinajstić information content (AvgIpc) is 4.12. The molecule has 1 aromatic carbocycles. The molecule has 1 aliphatic carbocycles. The van der Waals surface area contributed by atoms with Crippen molar-refractivity contribution in [3.8, 4) is 11.3 Å². The number of methoxy groups -OCH3 is 1. The Balaban J connectivity index is 1.04. The van der Waals surface area contributed by atoms with E-state index >= 15 is 0 Å². The summed E-state index contributed by atoms with van der Waals surface area (Å²) in [6.45, 7) is 9.95. The summed E-state index contributed by atoms with van der Waals surface area (Å²) in [6, 6.07) is 6.31. The van der Waals surface area contributed by atoms with Crippen molar-refractivity contribution in [3.63, 3.8) is 0 Å². The van der Waals surface area contributed by atoms with Gasteiger partial charge in [0.15, 0.2) is 0 Å². The van der Waals surface area contributed by atoms with E-state index in [2.05, 4.69) is 37.0 Å². The Kier molecular flexibility index (Phi) is 15.3. The normalized spacial score (nSPS) is 25.4. The van der Waals surface area contributed by atoms with Gasteiger partial charge < -0.3 is 34.2 Å². The number of esters is 1. The van der Waals surface area contributed by atoms with Gasteiger partial charge in [-0.05, 0) is 114 Å². The van der Waals surface area contributed by atoms with Gasteiger partial charge in [0.25, 0.3) is 5.91 Å². The van der Waals surface area contributed by atoms with Crippen LogP contribution in [-0.2, 0) is 41.6 Å². The molecule has 75 heavy (non-hydrogen) atoms. The summed E-state index contributed by atoms with van der Waals surface area (Å²) in [5.41, 5.74) is 5.56. The number of benzene rings is 1. The Morgan fingerprint density at radius 3 is 2.65 bits per heavy atom. The molecule has 20 nitrogen and oxygen atoms in total. The highest BCUT2D eigenvalue weighted by molar-refractivity contribution is 5.95. The van der Waals surface area contributed by atoms with Crippen LogP contribution in [0.25, 0.3) is 27.7 Å². The molecule has 404 valence electrons. The molecule has 3 unspecified atom stereocenters. The Morgan fingerprint density at radius 2 is 1.91 bits per heavy atom. The van der Waals surface area contributed by atoms with Crippen LogP contribution in [0.3, 0.4) is 0 Å². The number of cyclic esters (lactones) is 1. The summed E-state index contributed by atoms with van der Waals surface area (Å²) >= 11 is 0. The number of fused-ring (bicyclic) bond motifs is 6. The third-order valence-electron chi connectivity index (χ3n) is 15.5. The number of ether oxygens (including phenoxy) is 3. The standard InChI is InChI=1S/C52H66F3N11O9/c1-31(2)43(34-15-16-51(23-34)28-62(20-21-75-51)49(70)65-42(66(71)72)25-57-60-65)46(67)58-40-27-61-18-8-10-35(26-61)33-13-14-41-37(22-33)38(24-50(4,5)30-74-48(69)39-12-9-19-64(59-39)47(40)68)45(63(41)29-52(53,54)55)36-11-7-17-56-44(36)32(3)73-6/h7,10-11,13-14,17,22,25,31-32,34,39-40,43,59H,8-9,12,15-16,18-21,23-24,26-30H2,1-6H3,(H,58,67)/t32-,34?,39-,40-,43+,51?/m0/s1. The number of hydrazine groups is 1. The molecule has 3 fully saturated rings. The molecule has 1 spiro atoms.